The standard InChI is InChI=1S/C36H56N8O4/c1-23(15-19-39-43-33(47)41-37)9-7-17-35(3,4)25-11-13-27-29(21-25)32(46)30-22-26(12-14-28(30)31(27)45)36(5,6)18-8-10-24(2)16-20-40-44-34(48)42-38/h11-14,21-24,39-40H,7-10,15-20,37-38H2,1-6H3,(H2,41,43,47)(H2,42,44,48). The van der Waals surface area contributed by atoms with E-state index in [4.69, 9.17) is 11.7 Å². The Morgan fingerprint density at radius 3 is 1.38 bits per heavy atom. The van der Waals surface area contributed by atoms with Crippen LogP contribution in [0.15, 0.2) is 36.4 Å². The summed E-state index contributed by atoms with van der Waals surface area (Å²) in [5.41, 5.74) is 18.4. The van der Waals surface area contributed by atoms with Crippen molar-refractivity contribution in [1.29, 1.82) is 0 Å². The van der Waals surface area contributed by atoms with Gasteiger partial charge in [0.15, 0.2) is 11.6 Å². The molecule has 2 atom stereocenters. The lowest BCUT2D eigenvalue weighted by atomic mass is 9.74. The second-order valence-electron chi connectivity index (χ2n) is 14.6. The average molecular weight is 665 g/mol. The summed E-state index contributed by atoms with van der Waals surface area (Å²) in [5.74, 6) is 10.9. The first-order valence-electron chi connectivity index (χ1n) is 17.1. The van der Waals surface area contributed by atoms with Gasteiger partial charge in [-0.3, -0.25) is 31.3 Å². The van der Waals surface area contributed by atoms with Crippen LogP contribution in [0.4, 0.5) is 9.59 Å². The van der Waals surface area contributed by atoms with Crippen molar-refractivity contribution in [2.45, 2.75) is 104 Å². The molecule has 48 heavy (non-hydrogen) atoms. The molecule has 0 aliphatic heterocycles. The molecule has 4 amide bonds. The van der Waals surface area contributed by atoms with Crippen molar-refractivity contribution in [2.24, 2.45) is 23.5 Å². The van der Waals surface area contributed by atoms with Gasteiger partial charge in [-0.2, -0.15) is 0 Å². The van der Waals surface area contributed by atoms with Crippen molar-refractivity contribution < 1.29 is 19.2 Å². The number of rotatable bonds is 18. The lowest BCUT2D eigenvalue weighted by Gasteiger charge is -2.29. The van der Waals surface area contributed by atoms with Gasteiger partial charge in [0.2, 0.25) is 0 Å². The molecule has 0 saturated heterocycles. The van der Waals surface area contributed by atoms with Crippen LogP contribution in [0.3, 0.4) is 0 Å². The van der Waals surface area contributed by atoms with Crippen LogP contribution >= 0.6 is 0 Å². The highest BCUT2D eigenvalue weighted by Crippen LogP contribution is 2.37. The Morgan fingerprint density at radius 1 is 0.625 bits per heavy atom. The van der Waals surface area contributed by atoms with Crippen LogP contribution in [0.25, 0.3) is 0 Å². The molecule has 3 rings (SSSR count). The number of ketones is 2. The average Bonchev–Trinajstić information content (AvgIpc) is 3.06. The molecule has 1 aliphatic rings. The lowest BCUT2D eigenvalue weighted by Crippen LogP contribution is -2.47. The Morgan fingerprint density at radius 2 is 1.00 bits per heavy atom. The summed E-state index contributed by atoms with van der Waals surface area (Å²) in [6, 6.07) is 10.6. The van der Waals surface area contributed by atoms with Gasteiger partial charge in [-0.1, -0.05) is 79.4 Å². The quantitative estimate of drug-likeness (QED) is 0.0413. The number of amides is 4. The van der Waals surface area contributed by atoms with Gasteiger partial charge >= 0.3 is 12.1 Å². The number of carbonyl (C=O) groups is 4. The fourth-order valence-corrected chi connectivity index (χ4v) is 6.35. The third-order valence-electron chi connectivity index (χ3n) is 9.77. The number of nitrogens with two attached hydrogens (primary N) is 2. The van der Waals surface area contributed by atoms with Gasteiger partial charge in [-0.05, 0) is 83.7 Å². The Balaban J connectivity index is 1.61. The van der Waals surface area contributed by atoms with E-state index in [2.05, 4.69) is 63.2 Å². The molecule has 0 radical (unpaired) electrons. The number of urea groups is 2. The summed E-state index contributed by atoms with van der Waals surface area (Å²) in [5, 5.41) is 0. The Hall–Kier alpha value is -3.84. The molecule has 2 unspecified atom stereocenters. The Kier molecular flexibility index (Phi) is 14.1. The van der Waals surface area contributed by atoms with Crippen molar-refractivity contribution >= 4 is 23.6 Å². The van der Waals surface area contributed by atoms with Crippen LogP contribution in [-0.2, 0) is 10.8 Å². The van der Waals surface area contributed by atoms with Crippen LogP contribution in [0.5, 0.6) is 0 Å². The SMILES string of the molecule is CC(CCCC(C)(C)c1ccc2c(c1)C(=O)c1cc(C(C)(C)CCCC(C)CCNNC(=O)NN)ccc1C2=O)CCNNC(=O)NN. The molecular formula is C36H56N8O4. The Labute approximate surface area is 285 Å². The molecule has 1 aliphatic carbocycles. The summed E-state index contributed by atoms with van der Waals surface area (Å²) in [7, 11) is 0. The highest BCUT2D eigenvalue weighted by atomic mass is 16.2. The molecule has 0 aromatic heterocycles. The van der Waals surface area contributed by atoms with Crippen LogP contribution in [0.2, 0.25) is 0 Å². The van der Waals surface area contributed by atoms with E-state index in [-0.39, 0.29) is 22.4 Å². The van der Waals surface area contributed by atoms with E-state index in [9.17, 15) is 19.2 Å². The second kappa shape index (κ2) is 17.5. The van der Waals surface area contributed by atoms with Gasteiger partial charge in [-0.15, -0.1) is 0 Å². The van der Waals surface area contributed by atoms with Gasteiger partial charge in [0, 0.05) is 35.3 Å². The molecule has 2 aromatic carbocycles. The molecule has 0 bridgehead atoms. The third-order valence-corrected chi connectivity index (χ3v) is 9.77. The number of benzene rings is 2. The zero-order chi connectivity index (χ0) is 35.5. The lowest BCUT2D eigenvalue weighted by molar-refractivity contribution is 0.0978. The second-order valence-corrected chi connectivity index (χ2v) is 14.6. The normalized spacial score (nSPS) is 14.1. The van der Waals surface area contributed by atoms with Crippen molar-refractivity contribution in [2.75, 3.05) is 13.1 Å². The molecule has 0 heterocycles. The third kappa shape index (κ3) is 10.6. The highest BCUT2D eigenvalue weighted by Gasteiger charge is 2.33. The number of nitrogens with one attached hydrogen (secondary N) is 6. The first kappa shape index (κ1) is 38.6. The van der Waals surface area contributed by atoms with Gasteiger partial charge in [0.25, 0.3) is 0 Å². The van der Waals surface area contributed by atoms with Crippen molar-refractivity contribution in [3.63, 3.8) is 0 Å². The predicted octanol–water partition coefficient (Wildman–Crippen LogP) is 4.77. The molecule has 0 spiro atoms. The number of carbonyl (C=O) groups excluding carboxylic acids is 4. The number of hydrogen-bond donors (Lipinski definition) is 8. The van der Waals surface area contributed by atoms with Gasteiger partial charge in [0.05, 0.1) is 0 Å². The molecule has 264 valence electrons. The maximum absolute atomic E-state index is 14.0. The van der Waals surface area contributed by atoms with Gasteiger partial charge in [0.1, 0.15) is 0 Å². The van der Waals surface area contributed by atoms with Gasteiger partial charge in [-0.25, -0.2) is 32.1 Å². The minimum absolute atomic E-state index is 0.0917. The van der Waals surface area contributed by atoms with Crippen LogP contribution in [-0.4, -0.2) is 36.7 Å². The number of hydrazine groups is 4. The van der Waals surface area contributed by atoms with E-state index in [0.717, 1.165) is 62.5 Å². The largest absolute Gasteiger partial charge is 0.343 e. The zero-order valence-electron chi connectivity index (χ0n) is 29.5. The molecule has 0 fully saturated rings. The summed E-state index contributed by atoms with van der Waals surface area (Å²) >= 11 is 0. The zero-order valence-corrected chi connectivity index (χ0v) is 29.5. The first-order valence-corrected chi connectivity index (χ1v) is 17.1. The Bertz CT molecular complexity index is 1340. The fraction of sp³-hybridized carbons (Fsp3) is 0.556. The summed E-state index contributed by atoms with van der Waals surface area (Å²) in [6.45, 7) is 14.4. The van der Waals surface area contributed by atoms with Crippen molar-refractivity contribution in [3.05, 3.63) is 69.8 Å². The molecular weight excluding hydrogens is 608 g/mol. The summed E-state index contributed by atoms with van der Waals surface area (Å²) in [4.78, 5) is 49.8. The van der Waals surface area contributed by atoms with E-state index in [1.165, 1.54) is 0 Å². The van der Waals surface area contributed by atoms with Crippen LogP contribution < -0.4 is 44.2 Å². The van der Waals surface area contributed by atoms with E-state index < -0.39 is 12.1 Å². The molecule has 12 heteroatoms. The predicted molar refractivity (Wildman–Crippen MR) is 189 cm³/mol. The minimum atomic E-state index is -0.475. The highest BCUT2D eigenvalue weighted by molar-refractivity contribution is 6.28. The van der Waals surface area contributed by atoms with Crippen LogP contribution in [0, 0.1) is 11.8 Å². The van der Waals surface area contributed by atoms with Crippen molar-refractivity contribution in [1.82, 2.24) is 32.6 Å². The van der Waals surface area contributed by atoms with E-state index in [1.54, 1.807) is 0 Å². The number of fused-ring (bicyclic) bond motifs is 2. The smallest absolute Gasteiger partial charge is 0.289 e. The summed E-state index contributed by atoms with van der Waals surface area (Å²) < 4.78 is 0. The fourth-order valence-electron chi connectivity index (χ4n) is 6.35. The van der Waals surface area contributed by atoms with Crippen LogP contribution in [0.1, 0.15) is 136 Å². The molecule has 0 saturated carbocycles. The first-order chi connectivity index (χ1) is 22.7. The van der Waals surface area contributed by atoms with E-state index in [0.29, 0.717) is 47.2 Å². The topological polar surface area (TPSA) is 192 Å². The number of hydrogen-bond acceptors (Lipinski definition) is 8. The molecule has 2 aromatic rings. The molecule has 12 nitrogen and oxygen atoms in total. The monoisotopic (exact) mass is 664 g/mol. The minimum Gasteiger partial charge on any atom is -0.289 e. The maximum Gasteiger partial charge on any atom is 0.343 e. The summed E-state index contributed by atoms with van der Waals surface area (Å²) in [6.07, 6.45) is 7.78. The van der Waals surface area contributed by atoms with E-state index >= 15 is 0 Å². The van der Waals surface area contributed by atoms with Gasteiger partial charge < -0.3 is 0 Å². The maximum atomic E-state index is 14.0. The van der Waals surface area contributed by atoms with E-state index in [1.807, 2.05) is 47.2 Å². The molecule has 10 N–H and O–H groups in total. The van der Waals surface area contributed by atoms with Crippen molar-refractivity contribution in [3.8, 4) is 0 Å².